The fourth-order valence-electron chi connectivity index (χ4n) is 2.66. The van der Waals surface area contributed by atoms with Crippen LogP contribution in [0, 0.1) is 0 Å². The molecule has 0 bridgehead atoms. The second-order valence-electron chi connectivity index (χ2n) is 8.49. The highest BCUT2D eigenvalue weighted by molar-refractivity contribution is 8.14. The molecule has 1 aliphatic rings. The zero-order valence-corrected chi connectivity index (χ0v) is 22.1. The molecule has 9 nitrogen and oxygen atoms in total. The van der Waals surface area contributed by atoms with Crippen LogP contribution in [0.15, 0.2) is 22.5 Å². The van der Waals surface area contributed by atoms with Gasteiger partial charge in [-0.2, -0.15) is 0 Å². The number of carbonyl (C=O) groups is 3. The Kier molecular flexibility index (Phi) is 11.3. The molecule has 0 radical (unpaired) electrons. The van der Waals surface area contributed by atoms with Crippen LogP contribution in [0.5, 0.6) is 0 Å². The number of aliphatic imine (C=N–C) groups is 1. The first-order chi connectivity index (χ1) is 16.1. The van der Waals surface area contributed by atoms with E-state index in [9.17, 15) is 14.4 Å². The molecule has 0 spiro atoms. The third kappa shape index (κ3) is 10.9. The molecule has 2 atom stereocenters. The van der Waals surface area contributed by atoms with E-state index in [0.717, 1.165) is 21.5 Å². The SMILES string of the molecule is CC1CSC(c2csc(CNC(=O)CC(/C=C/CCCl)OC(=O)CNC(=O)OC(C)(C)C)n2)=N1. The number of halogens is 1. The Hall–Kier alpha value is -2.11. The summed E-state index contributed by atoms with van der Waals surface area (Å²) in [5.74, 6) is 0.362. The molecule has 12 heteroatoms. The topological polar surface area (TPSA) is 119 Å². The average molecular weight is 531 g/mol. The van der Waals surface area contributed by atoms with Gasteiger partial charge in [-0.15, -0.1) is 34.7 Å². The summed E-state index contributed by atoms with van der Waals surface area (Å²) in [6.45, 7) is 7.11. The number of nitrogens with one attached hydrogen (secondary N) is 2. The van der Waals surface area contributed by atoms with Crippen LogP contribution in [0.3, 0.4) is 0 Å². The summed E-state index contributed by atoms with van der Waals surface area (Å²) < 4.78 is 10.4. The van der Waals surface area contributed by atoms with Gasteiger partial charge in [0.15, 0.2) is 0 Å². The van der Waals surface area contributed by atoms with Gasteiger partial charge in [0.1, 0.15) is 34.0 Å². The number of alkyl halides is 1. The molecule has 34 heavy (non-hydrogen) atoms. The molecule has 1 aromatic rings. The molecule has 0 aliphatic carbocycles. The summed E-state index contributed by atoms with van der Waals surface area (Å²) in [5.41, 5.74) is 0.149. The molecule has 188 valence electrons. The van der Waals surface area contributed by atoms with Crippen LogP contribution >= 0.6 is 34.7 Å². The molecule has 0 saturated heterocycles. The first kappa shape index (κ1) is 28.1. The fraction of sp³-hybridized carbons (Fsp3) is 0.591. The molecular weight excluding hydrogens is 500 g/mol. The van der Waals surface area contributed by atoms with E-state index >= 15 is 0 Å². The number of amides is 2. The van der Waals surface area contributed by atoms with Gasteiger partial charge in [0, 0.05) is 17.0 Å². The maximum absolute atomic E-state index is 12.5. The Bertz CT molecular complexity index is 913. The minimum atomic E-state index is -0.797. The first-order valence-corrected chi connectivity index (χ1v) is 13.3. The predicted molar refractivity (Wildman–Crippen MR) is 136 cm³/mol. The highest BCUT2D eigenvalue weighted by Crippen LogP contribution is 2.24. The van der Waals surface area contributed by atoms with Crippen LogP contribution in [0.25, 0.3) is 0 Å². The van der Waals surface area contributed by atoms with Crippen molar-refractivity contribution in [3.05, 3.63) is 28.2 Å². The highest BCUT2D eigenvalue weighted by atomic mass is 35.5. The molecule has 1 aliphatic heterocycles. The number of nitrogens with zero attached hydrogens (tertiary/aromatic N) is 2. The first-order valence-electron chi connectivity index (χ1n) is 10.9. The van der Waals surface area contributed by atoms with E-state index in [1.54, 1.807) is 44.7 Å². The minimum absolute atomic E-state index is 0.0741. The van der Waals surface area contributed by atoms with Gasteiger partial charge in [0.2, 0.25) is 5.91 Å². The zero-order chi connectivity index (χ0) is 25.1. The van der Waals surface area contributed by atoms with E-state index in [0.29, 0.717) is 12.3 Å². The lowest BCUT2D eigenvalue weighted by atomic mass is 10.2. The fourth-order valence-corrected chi connectivity index (χ4v) is 4.56. The smallest absolute Gasteiger partial charge is 0.408 e. The van der Waals surface area contributed by atoms with Crippen molar-refractivity contribution in [3.63, 3.8) is 0 Å². The second kappa shape index (κ2) is 13.7. The maximum Gasteiger partial charge on any atom is 0.408 e. The number of ether oxygens (including phenoxy) is 2. The van der Waals surface area contributed by atoms with Crippen LogP contribution in [0.4, 0.5) is 4.79 Å². The number of rotatable bonds is 11. The number of hydrogen-bond acceptors (Lipinski definition) is 9. The lowest BCUT2D eigenvalue weighted by molar-refractivity contribution is -0.146. The van der Waals surface area contributed by atoms with Crippen molar-refractivity contribution in [2.45, 2.75) is 64.8 Å². The number of allylic oxidation sites excluding steroid dienone is 1. The average Bonchev–Trinajstić information content (AvgIpc) is 3.38. The highest BCUT2D eigenvalue weighted by Gasteiger charge is 2.21. The van der Waals surface area contributed by atoms with Crippen molar-refractivity contribution in [1.82, 2.24) is 15.6 Å². The van der Waals surface area contributed by atoms with Gasteiger partial charge < -0.3 is 20.1 Å². The summed E-state index contributed by atoms with van der Waals surface area (Å²) >= 11 is 8.83. The Morgan fingerprint density at radius 1 is 1.32 bits per heavy atom. The van der Waals surface area contributed by atoms with Crippen molar-refractivity contribution >= 4 is 57.7 Å². The molecule has 0 aromatic carbocycles. The van der Waals surface area contributed by atoms with Crippen molar-refractivity contribution in [2.24, 2.45) is 4.99 Å². The van der Waals surface area contributed by atoms with E-state index < -0.39 is 23.8 Å². The quantitative estimate of drug-likeness (QED) is 0.254. The van der Waals surface area contributed by atoms with E-state index in [4.69, 9.17) is 21.1 Å². The number of esters is 1. The summed E-state index contributed by atoms with van der Waals surface area (Å²) in [5, 5.41) is 8.77. The Morgan fingerprint density at radius 3 is 2.74 bits per heavy atom. The lowest BCUT2D eigenvalue weighted by Crippen LogP contribution is -2.37. The van der Waals surface area contributed by atoms with Crippen LogP contribution < -0.4 is 10.6 Å². The molecule has 2 N–H and O–H groups in total. The van der Waals surface area contributed by atoms with Crippen molar-refractivity contribution in [1.29, 1.82) is 0 Å². The van der Waals surface area contributed by atoms with Crippen molar-refractivity contribution < 1.29 is 23.9 Å². The standard InChI is InChI=1S/C22H31ClN4O5S2/c1-14-12-34-20(26-14)16-13-33-18(27-16)10-24-17(28)9-15(7-5-6-8-23)31-19(29)11-25-21(30)32-22(2,3)4/h5,7,13-15H,6,8-12H2,1-4H3,(H,24,28)(H,25,30)/b7-5+. The Balaban J connectivity index is 1.84. The van der Waals surface area contributed by atoms with Gasteiger partial charge in [0.05, 0.1) is 19.0 Å². The summed E-state index contributed by atoms with van der Waals surface area (Å²) in [7, 11) is 0. The normalized spacial score (nSPS) is 16.7. The van der Waals surface area contributed by atoms with Gasteiger partial charge in [-0.1, -0.05) is 6.08 Å². The molecule has 2 unspecified atom stereocenters. The van der Waals surface area contributed by atoms with Crippen molar-refractivity contribution in [3.8, 4) is 0 Å². The Labute approximate surface area is 213 Å². The number of hydrogen-bond donors (Lipinski definition) is 2. The third-order valence-electron chi connectivity index (χ3n) is 4.08. The molecule has 2 amide bonds. The summed E-state index contributed by atoms with van der Waals surface area (Å²) in [6, 6.07) is 0.288. The lowest BCUT2D eigenvalue weighted by Gasteiger charge is -2.20. The van der Waals surface area contributed by atoms with Crippen molar-refractivity contribution in [2.75, 3.05) is 18.2 Å². The van der Waals surface area contributed by atoms with Gasteiger partial charge >= 0.3 is 12.1 Å². The third-order valence-corrected chi connectivity index (χ3v) is 6.38. The largest absolute Gasteiger partial charge is 0.456 e. The molecule has 2 heterocycles. The number of aromatic nitrogens is 1. The molecule has 0 saturated carbocycles. The second-order valence-corrected chi connectivity index (χ2v) is 10.8. The molecule has 2 rings (SSSR count). The number of carbonyl (C=O) groups excluding carboxylic acids is 3. The molecule has 1 aromatic heterocycles. The molecule has 0 fully saturated rings. The number of thioether (sulfide) groups is 1. The van der Waals surface area contributed by atoms with E-state index in [2.05, 4.69) is 27.5 Å². The van der Waals surface area contributed by atoms with Gasteiger partial charge in [-0.3, -0.25) is 14.6 Å². The van der Waals surface area contributed by atoms with Crippen LogP contribution in [-0.4, -0.2) is 63.9 Å². The monoisotopic (exact) mass is 530 g/mol. The van der Waals surface area contributed by atoms with Gasteiger partial charge in [0.25, 0.3) is 0 Å². The predicted octanol–water partition coefficient (Wildman–Crippen LogP) is 3.65. The van der Waals surface area contributed by atoms with Gasteiger partial charge in [-0.25, -0.2) is 9.78 Å². The van der Waals surface area contributed by atoms with E-state index in [1.807, 2.05) is 5.38 Å². The van der Waals surface area contributed by atoms with Crippen LogP contribution in [-0.2, 0) is 25.6 Å². The Morgan fingerprint density at radius 2 is 2.09 bits per heavy atom. The van der Waals surface area contributed by atoms with Crippen LogP contribution in [0.1, 0.15) is 51.2 Å². The van der Waals surface area contributed by atoms with Gasteiger partial charge in [-0.05, 0) is 40.2 Å². The summed E-state index contributed by atoms with van der Waals surface area (Å²) in [4.78, 5) is 45.4. The van der Waals surface area contributed by atoms with E-state index in [1.165, 1.54) is 11.3 Å². The molecular formula is C22H31ClN4O5S2. The summed E-state index contributed by atoms with van der Waals surface area (Å²) in [6.07, 6.45) is 2.33. The zero-order valence-electron chi connectivity index (χ0n) is 19.8. The number of thiazole rings is 1. The van der Waals surface area contributed by atoms with E-state index in [-0.39, 0.29) is 31.5 Å². The van der Waals surface area contributed by atoms with Crippen LogP contribution in [0.2, 0.25) is 0 Å². The number of alkyl carbamates (subject to hydrolysis) is 1. The maximum atomic E-state index is 12.5. The minimum Gasteiger partial charge on any atom is -0.456 e.